The van der Waals surface area contributed by atoms with Crippen LogP contribution in [0.4, 0.5) is 0 Å². The van der Waals surface area contributed by atoms with Crippen molar-refractivity contribution in [2.24, 2.45) is 0 Å². The van der Waals surface area contributed by atoms with Gasteiger partial charge in [0, 0.05) is 15.1 Å². The van der Waals surface area contributed by atoms with Crippen molar-refractivity contribution in [2.45, 2.75) is 39.4 Å². The van der Waals surface area contributed by atoms with Gasteiger partial charge in [0.15, 0.2) is 6.10 Å². The van der Waals surface area contributed by atoms with Gasteiger partial charge in [-0.15, -0.1) is 11.3 Å². The Morgan fingerprint density at radius 3 is 2.35 bits per heavy atom. The zero-order valence-corrected chi connectivity index (χ0v) is 16.4. The van der Waals surface area contributed by atoms with E-state index < -0.39 is 11.7 Å². The standard InChI is InChI=1S/C22H24O3S/c1-5-24-21(23)19(25-22(2,3)4)18-16-13-9-10-14-17(16)26-20(18)15-11-7-6-8-12-15/h6-14,19H,5H2,1-4H3. The third-order valence-electron chi connectivity index (χ3n) is 3.90. The zero-order valence-electron chi connectivity index (χ0n) is 15.6. The molecule has 1 unspecified atom stereocenters. The molecule has 0 saturated carbocycles. The number of hydrogen-bond donors (Lipinski definition) is 0. The summed E-state index contributed by atoms with van der Waals surface area (Å²) < 4.78 is 12.7. The Labute approximate surface area is 158 Å². The Kier molecular flexibility index (Phi) is 5.44. The molecule has 2 aromatic carbocycles. The van der Waals surface area contributed by atoms with Gasteiger partial charge >= 0.3 is 5.97 Å². The summed E-state index contributed by atoms with van der Waals surface area (Å²) in [6.07, 6.45) is -0.763. The number of carbonyl (C=O) groups is 1. The summed E-state index contributed by atoms with van der Waals surface area (Å²) in [5, 5.41) is 1.04. The highest BCUT2D eigenvalue weighted by Gasteiger charge is 2.33. The molecular formula is C22H24O3S. The zero-order chi connectivity index (χ0) is 18.7. The monoisotopic (exact) mass is 368 g/mol. The molecule has 0 aliphatic carbocycles. The number of fused-ring (bicyclic) bond motifs is 1. The molecule has 0 spiro atoms. The third-order valence-corrected chi connectivity index (χ3v) is 5.14. The molecule has 1 heterocycles. The molecule has 26 heavy (non-hydrogen) atoms. The molecule has 3 rings (SSSR count). The van der Waals surface area contributed by atoms with E-state index in [2.05, 4.69) is 18.2 Å². The van der Waals surface area contributed by atoms with Crippen molar-refractivity contribution in [2.75, 3.05) is 6.61 Å². The summed E-state index contributed by atoms with van der Waals surface area (Å²) in [4.78, 5) is 13.9. The van der Waals surface area contributed by atoms with Crippen LogP contribution in [0.25, 0.3) is 20.5 Å². The predicted octanol–water partition coefficient (Wildman–Crippen LogP) is 5.99. The number of benzene rings is 2. The first-order chi connectivity index (χ1) is 12.4. The number of carbonyl (C=O) groups excluding carboxylic acids is 1. The Morgan fingerprint density at radius 1 is 1.04 bits per heavy atom. The highest BCUT2D eigenvalue weighted by molar-refractivity contribution is 7.22. The second-order valence-corrected chi connectivity index (χ2v) is 8.12. The van der Waals surface area contributed by atoms with E-state index in [1.807, 2.05) is 64.1 Å². The molecular weight excluding hydrogens is 344 g/mol. The predicted molar refractivity (Wildman–Crippen MR) is 107 cm³/mol. The maximum absolute atomic E-state index is 12.8. The molecule has 3 aromatic rings. The van der Waals surface area contributed by atoms with Gasteiger partial charge in [-0.2, -0.15) is 0 Å². The van der Waals surface area contributed by atoms with Gasteiger partial charge in [0.25, 0.3) is 0 Å². The molecule has 0 radical (unpaired) electrons. The molecule has 0 aliphatic rings. The fourth-order valence-electron chi connectivity index (χ4n) is 2.93. The first-order valence-electron chi connectivity index (χ1n) is 8.82. The molecule has 0 bridgehead atoms. The van der Waals surface area contributed by atoms with Crippen LogP contribution in [0, 0.1) is 0 Å². The van der Waals surface area contributed by atoms with Crippen molar-refractivity contribution in [1.29, 1.82) is 0 Å². The topological polar surface area (TPSA) is 35.5 Å². The van der Waals surface area contributed by atoms with E-state index in [4.69, 9.17) is 9.47 Å². The number of esters is 1. The van der Waals surface area contributed by atoms with E-state index in [1.165, 1.54) is 0 Å². The second kappa shape index (κ2) is 7.60. The van der Waals surface area contributed by atoms with E-state index in [-0.39, 0.29) is 5.97 Å². The normalized spacial score (nSPS) is 12.9. The summed E-state index contributed by atoms with van der Waals surface area (Å²) >= 11 is 1.68. The Hall–Kier alpha value is -2.17. The highest BCUT2D eigenvalue weighted by atomic mass is 32.1. The van der Waals surface area contributed by atoms with Crippen LogP contribution < -0.4 is 0 Å². The van der Waals surface area contributed by atoms with Crippen molar-refractivity contribution >= 4 is 27.4 Å². The van der Waals surface area contributed by atoms with Gasteiger partial charge in [-0.05, 0) is 44.7 Å². The summed E-state index contributed by atoms with van der Waals surface area (Å²) in [5.74, 6) is -0.344. The molecule has 0 saturated heterocycles. The summed E-state index contributed by atoms with van der Waals surface area (Å²) in [5.41, 5.74) is 1.50. The lowest BCUT2D eigenvalue weighted by Crippen LogP contribution is -2.28. The number of rotatable bonds is 5. The lowest BCUT2D eigenvalue weighted by Gasteiger charge is -2.27. The minimum Gasteiger partial charge on any atom is -0.464 e. The average molecular weight is 368 g/mol. The first-order valence-corrected chi connectivity index (χ1v) is 9.63. The van der Waals surface area contributed by atoms with Crippen LogP contribution >= 0.6 is 11.3 Å². The lowest BCUT2D eigenvalue weighted by molar-refractivity contribution is -0.166. The van der Waals surface area contributed by atoms with E-state index in [0.29, 0.717) is 6.61 Å². The fraction of sp³-hybridized carbons (Fsp3) is 0.318. The lowest BCUT2D eigenvalue weighted by atomic mass is 10.00. The Bertz CT molecular complexity index is 891. The van der Waals surface area contributed by atoms with E-state index in [1.54, 1.807) is 11.3 Å². The molecule has 0 aliphatic heterocycles. The van der Waals surface area contributed by atoms with E-state index >= 15 is 0 Å². The van der Waals surface area contributed by atoms with Crippen molar-refractivity contribution in [3.63, 3.8) is 0 Å². The molecule has 4 heteroatoms. The summed E-state index contributed by atoms with van der Waals surface area (Å²) in [6.45, 7) is 8.00. The van der Waals surface area contributed by atoms with Crippen LogP contribution in [0.3, 0.4) is 0 Å². The Balaban J connectivity index is 2.23. The number of hydrogen-bond acceptors (Lipinski definition) is 4. The first kappa shape index (κ1) is 18.6. The summed E-state index contributed by atoms with van der Waals surface area (Å²) in [7, 11) is 0. The van der Waals surface area contributed by atoms with E-state index in [9.17, 15) is 4.79 Å². The van der Waals surface area contributed by atoms with Crippen LogP contribution in [0.2, 0.25) is 0 Å². The van der Waals surface area contributed by atoms with Crippen molar-refractivity contribution in [3.8, 4) is 10.4 Å². The molecule has 0 fully saturated rings. The summed E-state index contributed by atoms with van der Waals surface area (Å²) in [6, 6.07) is 18.3. The van der Waals surface area contributed by atoms with Crippen LogP contribution in [-0.4, -0.2) is 18.2 Å². The average Bonchev–Trinajstić information content (AvgIpc) is 2.99. The molecule has 136 valence electrons. The van der Waals surface area contributed by atoms with Gasteiger partial charge in [0.2, 0.25) is 0 Å². The molecule has 3 nitrogen and oxygen atoms in total. The molecule has 0 amide bonds. The smallest absolute Gasteiger partial charge is 0.340 e. The van der Waals surface area contributed by atoms with Crippen LogP contribution in [-0.2, 0) is 14.3 Å². The van der Waals surface area contributed by atoms with Crippen molar-refractivity contribution in [1.82, 2.24) is 0 Å². The van der Waals surface area contributed by atoms with Gasteiger partial charge in [0.1, 0.15) is 0 Å². The molecule has 0 N–H and O–H groups in total. The number of ether oxygens (including phenoxy) is 2. The van der Waals surface area contributed by atoms with Gasteiger partial charge in [0.05, 0.1) is 12.2 Å². The quantitative estimate of drug-likeness (QED) is 0.519. The Morgan fingerprint density at radius 2 is 1.69 bits per heavy atom. The van der Waals surface area contributed by atoms with Crippen molar-refractivity contribution < 1.29 is 14.3 Å². The fourth-order valence-corrected chi connectivity index (χ4v) is 4.16. The maximum Gasteiger partial charge on any atom is 0.340 e. The van der Waals surface area contributed by atoms with Crippen LogP contribution in [0.1, 0.15) is 39.4 Å². The minimum atomic E-state index is -0.763. The maximum atomic E-state index is 12.8. The number of thiophene rings is 1. The van der Waals surface area contributed by atoms with Crippen LogP contribution in [0.5, 0.6) is 0 Å². The SMILES string of the molecule is CCOC(=O)C(OC(C)(C)C)c1c(-c2ccccc2)sc2ccccc12. The highest BCUT2D eigenvalue weighted by Crippen LogP contribution is 2.44. The second-order valence-electron chi connectivity index (χ2n) is 7.07. The van der Waals surface area contributed by atoms with Crippen molar-refractivity contribution in [3.05, 3.63) is 60.2 Å². The van der Waals surface area contributed by atoms with Gasteiger partial charge in [-0.1, -0.05) is 48.5 Å². The van der Waals surface area contributed by atoms with Gasteiger partial charge < -0.3 is 9.47 Å². The molecule has 1 atom stereocenters. The van der Waals surface area contributed by atoms with Gasteiger partial charge in [-0.25, -0.2) is 4.79 Å². The third kappa shape index (κ3) is 3.97. The van der Waals surface area contributed by atoms with E-state index in [0.717, 1.165) is 26.1 Å². The minimum absolute atomic E-state index is 0.325. The van der Waals surface area contributed by atoms with Gasteiger partial charge in [-0.3, -0.25) is 0 Å². The largest absolute Gasteiger partial charge is 0.464 e. The van der Waals surface area contributed by atoms with Crippen LogP contribution in [0.15, 0.2) is 54.6 Å². The molecule has 1 aromatic heterocycles.